The van der Waals surface area contributed by atoms with Gasteiger partial charge in [-0.2, -0.15) is 0 Å². The van der Waals surface area contributed by atoms with Crippen molar-refractivity contribution in [1.29, 1.82) is 0 Å². The second-order valence-corrected chi connectivity index (χ2v) is 5.24. The molecule has 1 aromatic heterocycles. The molecule has 1 aliphatic carbocycles. The van der Waals surface area contributed by atoms with E-state index < -0.39 is 0 Å². The minimum absolute atomic E-state index is 0.0580. The maximum absolute atomic E-state index is 11.6. The molecule has 1 aromatic rings. The summed E-state index contributed by atoms with van der Waals surface area (Å²) in [6.45, 7) is 2.52. The summed E-state index contributed by atoms with van der Waals surface area (Å²) in [4.78, 5) is 14.5. The van der Waals surface area contributed by atoms with E-state index in [9.17, 15) is 4.79 Å². The number of hydrogen-bond donors (Lipinski definition) is 1. The van der Waals surface area contributed by atoms with E-state index in [1.54, 1.807) is 16.7 Å². The van der Waals surface area contributed by atoms with Crippen LogP contribution >= 0.6 is 12.2 Å². The van der Waals surface area contributed by atoms with Crippen LogP contribution in [0.5, 0.6) is 0 Å². The first-order valence-electron chi connectivity index (χ1n) is 6.34. The van der Waals surface area contributed by atoms with Crippen LogP contribution in [0.3, 0.4) is 0 Å². The van der Waals surface area contributed by atoms with E-state index in [1.165, 1.54) is 12.8 Å². The standard InChI is InChI=1S/C13H19N3OS/c14-12(18)6-8-15(11-4-5-11)9-10-16-7-2-1-3-13(16)17/h1-3,7,11H,4-6,8-10H2,(H2,14,18). The zero-order valence-corrected chi connectivity index (χ0v) is 11.2. The van der Waals surface area contributed by atoms with Crippen LogP contribution in [0.15, 0.2) is 29.2 Å². The Labute approximate surface area is 112 Å². The van der Waals surface area contributed by atoms with Crippen molar-refractivity contribution in [3.63, 3.8) is 0 Å². The second-order valence-electron chi connectivity index (χ2n) is 4.72. The highest BCUT2D eigenvalue weighted by atomic mass is 32.1. The number of hydrogen-bond acceptors (Lipinski definition) is 3. The predicted molar refractivity (Wildman–Crippen MR) is 76.7 cm³/mol. The molecular weight excluding hydrogens is 246 g/mol. The third-order valence-electron chi connectivity index (χ3n) is 3.24. The fraction of sp³-hybridized carbons (Fsp3) is 0.538. The quantitative estimate of drug-likeness (QED) is 0.747. The van der Waals surface area contributed by atoms with Crippen LogP contribution in [0.2, 0.25) is 0 Å². The molecule has 2 N–H and O–H groups in total. The van der Waals surface area contributed by atoms with Crippen molar-refractivity contribution < 1.29 is 0 Å². The molecule has 0 radical (unpaired) electrons. The summed E-state index contributed by atoms with van der Waals surface area (Å²) in [5.41, 5.74) is 5.60. The molecular formula is C13H19N3OS. The lowest BCUT2D eigenvalue weighted by Crippen LogP contribution is -2.34. The summed E-state index contributed by atoms with van der Waals surface area (Å²) in [7, 11) is 0. The Balaban J connectivity index is 1.88. The highest BCUT2D eigenvalue weighted by Gasteiger charge is 2.28. The Bertz CT molecular complexity index is 467. The number of pyridine rings is 1. The molecule has 0 aliphatic heterocycles. The summed E-state index contributed by atoms with van der Waals surface area (Å²) in [5, 5.41) is 0. The van der Waals surface area contributed by atoms with E-state index in [2.05, 4.69) is 4.90 Å². The van der Waals surface area contributed by atoms with Gasteiger partial charge in [-0.3, -0.25) is 9.69 Å². The lowest BCUT2D eigenvalue weighted by molar-refractivity contribution is 0.259. The fourth-order valence-corrected chi connectivity index (χ4v) is 2.14. The third kappa shape index (κ3) is 3.92. The summed E-state index contributed by atoms with van der Waals surface area (Å²) in [6, 6.07) is 5.91. The summed E-state index contributed by atoms with van der Waals surface area (Å²) in [6.07, 6.45) is 5.10. The minimum atomic E-state index is 0.0580. The topological polar surface area (TPSA) is 51.3 Å². The Kier molecular flexibility index (Phi) is 4.49. The van der Waals surface area contributed by atoms with Crippen LogP contribution in [0.25, 0.3) is 0 Å². The average molecular weight is 265 g/mol. The first kappa shape index (κ1) is 13.2. The van der Waals surface area contributed by atoms with E-state index in [0.29, 0.717) is 11.0 Å². The highest BCUT2D eigenvalue weighted by Crippen LogP contribution is 2.26. The third-order valence-corrected chi connectivity index (χ3v) is 3.44. The first-order chi connectivity index (χ1) is 8.66. The Morgan fingerprint density at radius 1 is 1.44 bits per heavy atom. The smallest absolute Gasteiger partial charge is 0.250 e. The normalized spacial score (nSPS) is 14.9. The van der Waals surface area contributed by atoms with Crippen molar-refractivity contribution in [2.45, 2.75) is 31.8 Å². The molecule has 98 valence electrons. The molecule has 0 bridgehead atoms. The van der Waals surface area contributed by atoms with E-state index in [1.807, 2.05) is 12.3 Å². The molecule has 5 heteroatoms. The van der Waals surface area contributed by atoms with Gasteiger partial charge in [0.05, 0.1) is 4.99 Å². The van der Waals surface area contributed by atoms with Gasteiger partial charge in [-0.1, -0.05) is 18.3 Å². The lowest BCUT2D eigenvalue weighted by Gasteiger charge is -2.22. The minimum Gasteiger partial charge on any atom is -0.393 e. The van der Waals surface area contributed by atoms with Crippen molar-refractivity contribution >= 4 is 17.2 Å². The monoisotopic (exact) mass is 265 g/mol. The molecule has 1 heterocycles. The SMILES string of the molecule is NC(=S)CCN(CCn1ccccc1=O)C1CC1. The van der Waals surface area contributed by atoms with Gasteiger partial charge in [0.2, 0.25) is 0 Å². The molecule has 0 aromatic carbocycles. The van der Waals surface area contributed by atoms with Crippen LogP contribution in [-0.4, -0.2) is 33.6 Å². The van der Waals surface area contributed by atoms with Gasteiger partial charge in [-0.05, 0) is 18.9 Å². The maximum atomic E-state index is 11.6. The van der Waals surface area contributed by atoms with Gasteiger partial charge >= 0.3 is 0 Å². The number of rotatable bonds is 7. The second kappa shape index (κ2) is 6.11. The fourth-order valence-electron chi connectivity index (χ4n) is 2.05. The van der Waals surface area contributed by atoms with Crippen LogP contribution < -0.4 is 11.3 Å². The van der Waals surface area contributed by atoms with Crippen molar-refractivity contribution in [3.8, 4) is 0 Å². The number of nitrogens with zero attached hydrogens (tertiary/aromatic N) is 2. The van der Waals surface area contributed by atoms with Crippen molar-refractivity contribution in [3.05, 3.63) is 34.7 Å². The molecule has 2 rings (SSSR count). The summed E-state index contributed by atoms with van der Waals surface area (Å²) >= 11 is 4.92. The Hall–Kier alpha value is -1.20. The molecule has 0 amide bonds. The molecule has 4 nitrogen and oxygen atoms in total. The van der Waals surface area contributed by atoms with Crippen LogP contribution in [0.4, 0.5) is 0 Å². The van der Waals surface area contributed by atoms with Gasteiger partial charge in [-0.15, -0.1) is 0 Å². The molecule has 0 atom stereocenters. The maximum Gasteiger partial charge on any atom is 0.250 e. The number of thiocarbonyl (C=S) groups is 1. The number of aromatic nitrogens is 1. The average Bonchev–Trinajstić information content (AvgIpc) is 3.15. The van der Waals surface area contributed by atoms with Crippen molar-refractivity contribution in [1.82, 2.24) is 9.47 Å². The molecule has 0 spiro atoms. The molecule has 1 fully saturated rings. The largest absolute Gasteiger partial charge is 0.393 e. The molecule has 0 unspecified atom stereocenters. The Morgan fingerprint density at radius 3 is 2.83 bits per heavy atom. The van der Waals surface area contributed by atoms with Gasteiger partial charge < -0.3 is 10.3 Å². The van der Waals surface area contributed by atoms with E-state index in [4.69, 9.17) is 18.0 Å². The lowest BCUT2D eigenvalue weighted by atomic mass is 10.3. The number of nitrogens with two attached hydrogens (primary N) is 1. The van der Waals surface area contributed by atoms with Crippen molar-refractivity contribution in [2.75, 3.05) is 13.1 Å². The van der Waals surface area contributed by atoms with Gasteiger partial charge in [0.25, 0.3) is 5.56 Å². The zero-order valence-electron chi connectivity index (χ0n) is 10.4. The Morgan fingerprint density at radius 2 is 2.22 bits per heavy atom. The van der Waals surface area contributed by atoms with Crippen LogP contribution in [-0.2, 0) is 6.54 Å². The summed E-state index contributed by atoms with van der Waals surface area (Å²) in [5.74, 6) is 0. The van der Waals surface area contributed by atoms with Crippen molar-refractivity contribution in [2.24, 2.45) is 5.73 Å². The highest BCUT2D eigenvalue weighted by molar-refractivity contribution is 7.80. The predicted octanol–water partition coefficient (Wildman–Crippen LogP) is 0.989. The zero-order chi connectivity index (χ0) is 13.0. The molecule has 1 aliphatic rings. The van der Waals surface area contributed by atoms with Gasteiger partial charge in [0.15, 0.2) is 0 Å². The van der Waals surface area contributed by atoms with Gasteiger partial charge in [0.1, 0.15) is 0 Å². The van der Waals surface area contributed by atoms with E-state index in [0.717, 1.165) is 26.1 Å². The molecule has 1 saturated carbocycles. The first-order valence-corrected chi connectivity index (χ1v) is 6.75. The van der Waals surface area contributed by atoms with Gasteiger partial charge in [-0.25, -0.2) is 0 Å². The van der Waals surface area contributed by atoms with E-state index >= 15 is 0 Å². The van der Waals surface area contributed by atoms with E-state index in [-0.39, 0.29) is 5.56 Å². The molecule has 18 heavy (non-hydrogen) atoms. The summed E-state index contributed by atoms with van der Waals surface area (Å²) < 4.78 is 1.75. The molecule has 0 saturated heterocycles. The van der Waals surface area contributed by atoms with Crippen LogP contribution in [0.1, 0.15) is 19.3 Å². The van der Waals surface area contributed by atoms with Gasteiger partial charge in [0, 0.05) is 44.4 Å². The van der Waals surface area contributed by atoms with Crippen LogP contribution in [0, 0.1) is 0 Å².